The summed E-state index contributed by atoms with van der Waals surface area (Å²) >= 11 is 0. The molecular weight excluding hydrogens is 370 g/mol. The second-order valence-corrected chi connectivity index (χ2v) is 8.20. The van der Waals surface area contributed by atoms with Gasteiger partial charge in [0.2, 0.25) is 10.0 Å². The van der Waals surface area contributed by atoms with Crippen molar-refractivity contribution in [2.24, 2.45) is 0 Å². The van der Waals surface area contributed by atoms with Crippen molar-refractivity contribution in [1.29, 1.82) is 0 Å². The highest BCUT2D eigenvalue weighted by Crippen LogP contribution is 2.26. The monoisotopic (exact) mass is 391 g/mol. The van der Waals surface area contributed by atoms with Crippen molar-refractivity contribution in [2.45, 2.75) is 11.8 Å². The molecule has 2 aromatic carbocycles. The van der Waals surface area contributed by atoms with Crippen LogP contribution >= 0.6 is 0 Å². The van der Waals surface area contributed by atoms with Gasteiger partial charge in [0.25, 0.3) is 5.69 Å². The lowest BCUT2D eigenvalue weighted by Crippen LogP contribution is -2.48. The van der Waals surface area contributed by atoms with Gasteiger partial charge in [-0.2, -0.15) is 4.31 Å². The van der Waals surface area contributed by atoms with Crippen molar-refractivity contribution in [3.8, 4) is 5.75 Å². The summed E-state index contributed by atoms with van der Waals surface area (Å²) in [4.78, 5) is 12.6. The second kappa shape index (κ2) is 7.53. The molecule has 0 bridgehead atoms. The first kappa shape index (κ1) is 19.1. The molecule has 0 atom stereocenters. The summed E-state index contributed by atoms with van der Waals surface area (Å²) in [6, 6.07) is 11.2. The fraction of sp³-hybridized carbons (Fsp3) is 0.333. The van der Waals surface area contributed by atoms with E-state index in [1.165, 1.54) is 16.4 Å². The standard InChI is InChI=1S/C18H21N3O5S/c1-14-13-17(26-2)7-8-18(14)27(24,25)20-11-9-19(10-12-20)15-3-5-16(6-4-15)21(22)23/h3-8,13H,9-12H2,1-2H3. The van der Waals surface area contributed by atoms with E-state index in [1.54, 1.807) is 44.4 Å². The van der Waals surface area contributed by atoms with E-state index in [-0.39, 0.29) is 10.6 Å². The Labute approximate surface area is 158 Å². The average molecular weight is 391 g/mol. The van der Waals surface area contributed by atoms with Crippen LogP contribution in [0.25, 0.3) is 0 Å². The zero-order valence-corrected chi connectivity index (χ0v) is 16.0. The van der Waals surface area contributed by atoms with Crippen LogP contribution in [0, 0.1) is 17.0 Å². The average Bonchev–Trinajstić information content (AvgIpc) is 2.67. The Balaban J connectivity index is 1.72. The van der Waals surface area contributed by atoms with Crippen LogP contribution in [0.5, 0.6) is 5.75 Å². The molecule has 3 rings (SSSR count). The van der Waals surface area contributed by atoms with Gasteiger partial charge in [-0.1, -0.05) is 0 Å². The van der Waals surface area contributed by atoms with Gasteiger partial charge < -0.3 is 9.64 Å². The Morgan fingerprint density at radius 1 is 1.04 bits per heavy atom. The van der Waals surface area contributed by atoms with Crippen LogP contribution < -0.4 is 9.64 Å². The molecule has 0 unspecified atom stereocenters. The minimum Gasteiger partial charge on any atom is -0.497 e. The van der Waals surface area contributed by atoms with Crippen LogP contribution in [0.4, 0.5) is 11.4 Å². The topological polar surface area (TPSA) is 93.0 Å². The molecule has 1 aliphatic heterocycles. The number of ether oxygens (including phenoxy) is 1. The first-order valence-electron chi connectivity index (χ1n) is 8.47. The summed E-state index contributed by atoms with van der Waals surface area (Å²) < 4.78 is 32.5. The van der Waals surface area contributed by atoms with Crippen molar-refractivity contribution < 1.29 is 18.1 Å². The maximum atomic E-state index is 13.0. The van der Waals surface area contributed by atoms with Gasteiger partial charge in [0.05, 0.1) is 16.9 Å². The number of benzene rings is 2. The van der Waals surface area contributed by atoms with Gasteiger partial charge in [-0.25, -0.2) is 8.42 Å². The van der Waals surface area contributed by atoms with Crippen molar-refractivity contribution >= 4 is 21.4 Å². The number of piperazine rings is 1. The molecule has 2 aromatic rings. The number of rotatable bonds is 5. The van der Waals surface area contributed by atoms with Crippen molar-refractivity contribution in [1.82, 2.24) is 4.31 Å². The van der Waals surface area contributed by atoms with E-state index in [4.69, 9.17) is 4.74 Å². The third-order valence-corrected chi connectivity index (χ3v) is 6.72. The minimum atomic E-state index is -3.58. The van der Waals surface area contributed by atoms with Crippen LogP contribution in [-0.2, 0) is 10.0 Å². The number of methoxy groups -OCH3 is 1. The predicted molar refractivity (Wildman–Crippen MR) is 102 cm³/mol. The summed E-state index contributed by atoms with van der Waals surface area (Å²) in [7, 11) is -2.04. The molecular formula is C18H21N3O5S. The molecule has 1 aliphatic rings. The Bertz CT molecular complexity index is 936. The fourth-order valence-electron chi connectivity index (χ4n) is 3.15. The van der Waals surface area contributed by atoms with E-state index in [0.29, 0.717) is 37.5 Å². The lowest BCUT2D eigenvalue weighted by Gasteiger charge is -2.35. The fourth-order valence-corrected chi connectivity index (χ4v) is 4.78. The number of nitro groups is 1. The van der Waals surface area contributed by atoms with Crippen LogP contribution in [0.15, 0.2) is 47.4 Å². The maximum absolute atomic E-state index is 13.0. The second-order valence-electron chi connectivity index (χ2n) is 6.30. The molecule has 0 radical (unpaired) electrons. The molecule has 0 aliphatic carbocycles. The summed E-state index contributed by atoms with van der Waals surface area (Å²) in [6.45, 7) is 3.50. The van der Waals surface area contributed by atoms with Gasteiger partial charge in [-0.15, -0.1) is 0 Å². The lowest BCUT2D eigenvalue weighted by molar-refractivity contribution is -0.384. The first-order valence-corrected chi connectivity index (χ1v) is 9.91. The molecule has 0 saturated carbocycles. The summed E-state index contributed by atoms with van der Waals surface area (Å²) in [5.74, 6) is 0.620. The maximum Gasteiger partial charge on any atom is 0.269 e. The lowest BCUT2D eigenvalue weighted by atomic mass is 10.2. The highest BCUT2D eigenvalue weighted by molar-refractivity contribution is 7.89. The van der Waals surface area contributed by atoms with Crippen LogP contribution in [0.1, 0.15) is 5.56 Å². The Morgan fingerprint density at radius 3 is 2.19 bits per heavy atom. The van der Waals surface area contributed by atoms with E-state index >= 15 is 0 Å². The summed E-state index contributed by atoms with van der Waals surface area (Å²) in [5, 5.41) is 10.8. The Kier molecular flexibility index (Phi) is 5.33. The van der Waals surface area contributed by atoms with Gasteiger partial charge in [0.1, 0.15) is 5.75 Å². The molecule has 1 fully saturated rings. The molecule has 8 nitrogen and oxygen atoms in total. The van der Waals surface area contributed by atoms with Gasteiger partial charge in [-0.05, 0) is 42.8 Å². The Hall–Kier alpha value is -2.65. The van der Waals surface area contributed by atoms with E-state index < -0.39 is 14.9 Å². The molecule has 144 valence electrons. The highest BCUT2D eigenvalue weighted by Gasteiger charge is 2.29. The summed E-state index contributed by atoms with van der Waals surface area (Å²) in [6.07, 6.45) is 0. The smallest absolute Gasteiger partial charge is 0.269 e. The largest absolute Gasteiger partial charge is 0.497 e. The normalized spacial score (nSPS) is 15.6. The van der Waals surface area contributed by atoms with E-state index in [2.05, 4.69) is 0 Å². The molecule has 0 amide bonds. The molecule has 1 saturated heterocycles. The van der Waals surface area contributed by atoms with Crippen LogP contribution in [-0.4, -0.2) is 50.9 Å². The number of aryl methyl sites for hydroxylation is 1. The molecule has 9 heteroatoms. The predicted octanol–water partition coefficient (Wildman–Crippen LogP) is 2.42. The number of hydrogen-bond acceptors (Lipinski definition) is 6. The highest BCUT2D eigenvalue weighted by atomic mass is 32.2. The number of sulfonamides is 1. The third kappa shape index (κ3) is 3.88. The van der Waals surface area contributed by atoms with E-state index in [1.807, 2.05) is 4.90 Å². The molecule has 0 aromatic heterocycles. The van der Waals surface area contributed by atoms with Crippen molar-refractivity contribution in [3.63, 3.8) is 0 Å². The zero-order valence-electron chi connectivity index (χ0n) is 15.2. The van der Waals surface area contributed by atoms with Gasteiger partial charge in [-0.3, -0.25) is 10.1 Å². The van der Waals surface area contributed by atoms with Gasteiger partial charge >= 0.3 is 0 Å². The van der Waals surface area contributed by atoms with Gasteiger partial charge in [0, 0.05) is 44.0 Å². The number of nitro benzene ring substituents is 1. The third-order valence-electron chi connectivity index (χ3n) is 4.66. The van der Waals surface area contributed by atoms with Crippen molar-refractivity contribution in [3.05, 3.63) is 58.1 Å². The van der Waals surface area contributed by atoms with Crippen molar-refractivity contribution in [2.75, 3.05) is 38.2 Å². The number of hydrogen-bond donors (Lipinski definition) is 0. The van der Waals surface area contributed by atoms with E-state index in [9.17, 15) is 18.5 Å². The molecule has 27 heavy (non-hydrogen) atoms. The number of nitrogens with zero attached hydrogens (tertiary/aromatic N) is 3. The Morgan fingerprint density at radius 2 is 1.67 bits per heavy atom. The van der Waals surface area contributed by atoms with E-state index in [0.717, 1.165) is 5.69 Å². The molecule has 1 heterocycles. The number of anilines is 1. The molecule has 0 N–H and O–H groups in total. The SMILES string of the molecule is COc1ccc(S(=O)(=O)N2CCN(c3ccc([N+](=O)[O-])cc3)CC2)c(C)c1. The quantitative estimate of drug-likeness (QED) is 0.574. The van der Waals surface area contributed by atoms with Crippen LogP contribution in [0.2, 0.25) is 0 Å². The first-order chi connectivity index (χ1) is 12.8. The molecule has 0 spiro atoms. The van der Waals surface area contributed by atoms with Gasteiger partial charge in [0.15, 0.2) is 0 Å². The zero-order chi connectivity index (χ0) is 19.6. The summed E-state index contributed by atoms with van der Waals surface area (Å²) in [5.41, 5.74) is 1.53. The van der Waals surface area contributed by atoms with Crippen LogP contribution in [0.3, 0.4) is 0 Å². The number of non-ortho nitro benzene ring substituents is 1. The minimum absolute atomic E-state index is 0.0370.